The van der Waals surface area contributed by atoms with Crippen molar-refractivity contribution in [3.05, 3.63) is 34.9 Å². The summed E-state index contributed by atoms with van der Waals surface area (Å²) in [6.07, 6.45) is 2.44. The first-order valence-electron chi connectivity index (χ1n) is 7.12. The molecule has 1 aliphatic heterocycles. The number of aryl methyl sites for hydroxylation is 2. The summed E-state index contributed by atoms with van der Waals surface area (Å²) in [5, 5.41) is 0. The minimum atomic E-state index is 0.356. The highest BCUT2D eigenvalue weighted by molar-refractivity contribution is 5.30. The molecule has 2 heteroatoms. The van der Waals surface area contributed by atoms with Crippen molar-refractivity contribution in [1.82, 2.24) is 4.90 Å². The second-order valence-corrected chi connectivity index (χ2v) is 5.89. The Labute approximate surface area is 111 Å². The van der Waals surface area contributed by atoms with E-state index in [1.165, 1.54) is 36.1 Å². The summed E-state index contributed by atoms with van der Waals surface area (Å²) in [6.45, 7) is 9.94. The van der Waals surface area contributed by atoms with E-state index in [4.69, 9.17) is 5.73 Å². The molecule has 1 heterocycles. The van der Waals surface area contributed by atoms with E-state index in [1.54, 1.807) is 0 Å². The van der Waals surface area contributed by atoms with E-state index in [0.29, 0.717) is 6.04 Å². The zero-order chi connectivity index (χ0) is 13.1. The van der Waals surface area contributed by atoms with Crippen molar-refractivity contribution in [3.63, 3.8) is 0 Å². The van der Waals surface area contributed by atoms with Gasteiger partial charge in [0.05, 0.1) is 0 Å². The highest BCUT2D eigenvalue weighted by atomic mass is 15.1. The maximum absolute atomic E-state index is 6.17. The van der Waals surface area contributed by atoms with Crippen molar-refractivity contribution in [2.24, 2.45) is 11.7 Å². The van der Waals surface area contributed by atoms with Gasteiger partial charge in [0.1, 0.15) is 0 Å². The molecule has 1 saturated heterocycles. The van der Waals surface area contributed by atoms with Gasteiger partial charge in [-0.2, -0.15) is 0 Å². The monoisotopic (exact) mass is 246 g/mol. The van der Waals surface area contributed by atoms with Crippen LogP contribution in [0.2, 0.25) is 0 Å². The molecule has 100 valence electrons. The molecule has 1 aromatic rings. The summed E-state index contributed by atoms with van der Waals surface area (Å²) in [6, 6.07) is 7.11. The number of hydrogen-bond donors (Lipinski definition) is 1. The lowest BCUT2D eigenvalue weighted by molar-refractivity contribution is 0.147. The highest BCUT2D eigenvalue weighted by Crippen LogP contribution is 2.21. The average Bonchev–Trinajstić information content (AvgIpc) is 2.32. The number of rotatable bonds is 3. The van der Waals surface area contributed by atoms with Crippen molar-refractivity contribution >= 4 is 0 Å². The van der Waals surface area contributed by atoms with Crippen LogP contribution >= 0.6 is 0 Å². The first kappa shape index (κ1) is 13.6. The van der Waals surface area contributed by atoms with Gasteiger partial charge in [0, 0.05) is 25.7 Å². The summed E-state index contributed by atoms with van der Waals surface area (Å²) >= 11 is 0. The van der Waals surface area contributed by atoms with Crippen LogP contribution in [0.5, 0.6) is 0 Å². The van der Waals surface area contributed by atoms with E-state index in [0.717, 1.165) is 19.0 Å². The van der Waals surface area contributed by atoms with Crippen LogP contribution in [-0.2, 0) is 6.54 Å². The molecule has 2 atom stereocenters. The number of likely N-dealkylation sites (tertiary alicyclic amines) is 1. The van der Waals surface area contributed by atoms with Crippen molar-refractivity contribution in [2.45, 2.75) is 46.2 Å². The topological polar surface area (TPSA) is 29.3 Å². The SMILES string of the molecule is CCC1CC(N)CN(Cc2ccc(C)cc2C)C1. The molecule has 18 heavy (non-hydrogen) atoms. The zero-order valence-electron chi connectivity index (χ0n) is 11.9. The molecule has 0 aromatic heterocycles. The fourth-order valence-electron chi connectivity index (χ4n) is 3.04. The van der Waals surface area contributed by atoms with Gasteiger partial charge in [-0.1, -0.05) is 37.1 Å². The Morgan fingerprint density at radius 3 is 2.72 bits per heavy atom. The predicted molar refractivity (Wildman–Crippen MR) is 77.6 cm³/mol. The molecule has 1 fully saturated rings. The van der Waals surface area contributed by atoms with Crippen LogP contribution in [-0.4, -0.2) is 24.0 Å². The van der Waals surface area contributed by atoms with Gasteiger partial charge in [-0.05, 0) is 37.3 Å². The lowest BCUT2D eigenvalue weighted by Crippen LogP contribution is -2.46. The average molecular weight is 246 g/mol. The first-order valence-corrected chi connectivity index (χ1v) is 7.12. The normalized spacial score (nSPS) is 25.3. The van der Waals surface area contributed by atoms with Gasteiger partial charge in [0.25, 0.3) is 0 Å². The minimum Gasteiger partial charge on any atom is -0.327 e. The molecule has 1 aliphatic rings. The molecular weight excluding hydrogens is 220 g/mol. The van der Waals surface area contributed by atoms with Crippen LogP contribution in [0.15, 0.2) is 18.2 Å². The van der Waals surface area contributed by atoms with Crippen molar-refractivity contribution in [1.29, 1.82) is 0 Å². The van der Waals surface area contributed by atoms with E-state index in [9.17, 15) is 0 Å². The van der Waals surface area contributed by atoms with E-state index < -0.39 is 0 Å². The van der Waals surface area contributed by atoms with Gasteiger partial charge in [-0.15, -0.1) is 0 Å². The fraction of sp³-hybridized carbons (Fsp3) is 0.625. The molecule has 0 radical (unpaired) electrons. The predicted octanol–water partition coefficient (Wildman–Crippen LogP) is 2.86. The van der Waals surface area contributed by atoms with Crippen LogP contribution in [0.4, 0.5) is 0 Å². The van der Waals surface area contributed by atoms with Gasteiger partial charge in [-0.3, -0.25) is 4.90 Å². The van der Waals surface area contributed by atoms with Gasteiger partial charge >= 0.3 is 0 Å². The third-order valence-electron chi connectivity index (χ3n) is 4.11. The number of benzene rings is 1. The summed E-state index contributed by atoms with van der Waals surface area (Å²) in [5.74, 6) is 0.777. The Morgan fingerprint density at radius 2 is 2.06 bits per heavy atom. The van der Waals surface area contributed by atoms with Crippen LogP contribution in [0, 0.1) is 19.8 Å². The zero-order valence-corrected chi connectivity index (χ0v) is 11.9. The third-order valence-corrected chi connectivity index (χ3v) is 4.11. The van der Waals surface area contributed by atoms with Crippen LogP contribution in [0.25, 0.3) is 0 Å². The number of nitrogens with two attached hydrogens (primary N) is 1. The fourth-order valence-corrected chi connectivity index (χ4v) is 3.04. The molecule has 2 unspecified atom stereocenters. The summed E-state index contributed by atoms with van der Waals surface area (Å²) in [7, 11) is 0. The Hall–Kier alpha value is -0.860. The van der Waals surface area contributed by atoms with Crippen molar-refractivity contribution in [2.75, 3.05) is 13.1 Å². The Kier molecular flexibility index (Phi) is 4.41. The van der Waals surface area contributed by atoms with Gasteiger partial charge in [-0.25, -0.2) is 0 Å². The molecular formula is C16H26N2. The second kappa shape index (κ2) is 5.85. The standard InChI is InChI=1S/C16H26N2/c1-4-14-8-16(17)11-18(9-14)10-15-6-5-12(2)7-13(15)3/h5-7,14,16H,4,8-11,17H2,1-3H3. The van der Waals surface area contributed by atoms with E-state index in [2.05, 4.69) is 43.9 Å². The molecule has 1 aromatic carbocycles. The quantitative estimate of drug-likeness (QED) is 0.888. The Balaban J connectivity index is 2.04. The maximum atomic E-state index is 6.17. The Morgan fingerprint density at radius 1 is 1.28 bits per heavy atom. The molecule has 0 bridgehead atoms. The Bertz CT molecular complexity index is 400. The second-order valence-electron chi connectivity index (χ2n) is 5.89. The smallest absolute Gasteiger partial charge is 0.0237 e. The maximum Gasteiger partial charge on any atom is 0.0237 e. The first-order chi connectivity index (χ1) is 8.58. The summed E-state index contributed by atoms with van der Waals surface area (Å²) in [5.41, 5.74) is 10.4. The summed E-state index contributed by atoms with van der Waals surface area (Å²) < 4.78 is 0. The highest BCUT2D eigenvalue weighted by Gasteiger charge is 2.23. The molecule has 0 amide bonds. The van der Waals surface area contributed by atoms with Crippen LogP contribution in [0.3, 0.4) is 0 Å². The molecule has 0 aliphatic carbocycles. The molecule has 2 rings (SSSR count). The molecule has 0 saturated carbocycles. The van der Waals surface area contributed by atoms with Gasteiger partial charge in [0.15, 0.2) is 0 Å². The van der Waals surface area contributed by atoms with Gasteiger partial charge in [0.2, 0.25) is 0 Å². The number of hydrogen-bond acceptors (Lipinski definition) is 2. The molecule has 2 nitrogen and oxygen atoms in total. The van der Waals surface area contributed by atoms with E-state index in [-0.39, 0.29) is 0 Å². The summed E-state index contributed by atoms with van der Waals surface area (Å²) in [4.78, 5) is 2.53. The van der Waals surface area contributed by atoms with E-state index >= 15 is 0 Å². The lowest BCUT2D eigenvalue weighted by atomic mass is 9.92. The number of piperidine rings is 1. The van der Waals surface area contributed by atoms with Crippen LogP contribution < -0.4 is 5.73 Å². The van der Waals surface area contributed by atoms with Crippen molar-refractivity contribution in [3.8, 4) is 0 Å². The largest absolute Gasteiger partial charge is 0.327 e. The third kappa shape index (κ3) is 3.33. The molecule has 2 N–H and O–H groups in total. The number of nitrogens with zero attached hydrogens (tertiary/aromatic N) is 1. The van der Waals surface area contributed by atoms with Crippen LogP contribution in [0.1, 0.15) is 36.5 Å². The lowest BCUT2D eigenvalue weighted by Gasteiger charge is -2.36. The van der Waals surface area contributed by atoms with Gasteiger partial charge < -0.3 is 5.73 Å². The molecule has 0 spiro atoms. The van der Waals surface area contributed by atoms with E-state index in [1.807, 2.05) is 0 Å². The van der Waals surface area contributed by atoms with Crippen molar-refractivity contribution < 1.29 is 0 Å². The minimum absolute atomic E-state index is 0.356.